The zero-order valence-electron chi connectivity index (χ0n) is 7.95. The Kier molecular flexibility index (Phi) is 2.59. The molecule has 1 aromatic carbocycles. The summed E-state index contributed by atoms with van der Waals surface area (Å²) in [6.07, 6.45) is -2.79. The minimum Gasteiger partial charge on any atom is -0.398 e. The van der Waals surface area contributed by atoms with Gasteiger partial charge in [0, 0.05) is 22.8 Å². The Morgan fingerprint density at radius 1 is 1.25 bits per heavy atom. The second kappa shape index (κ2) is 3.79. The smallest absolute Gasteiger partial charge is 0.398 e. The molecule has 0 saturated heterocycles. The van der Waals surface area contributed by atoms with Crippen LogP contribution in [0.25, 0.3) is 10.6 Å². The molecule has 0 bridgehead atoms. The van der Waals surface area contributed by atoms with Crippen molar-refractivity contribution >= 4 is 17.0 Å². The summed E-state index contributed by atoms with van der Waals surface area (Å²) < 4.78 is 37.1. The third kappa shape index (κ3) is 2.01. The monoisotopic (exact) mass is 244 g/mol. The van der Waals surface area contributed by atoms with Crippen molar-refractivity contribution in [1.82, 2.24) is 4.98 Å². The van der Waals surface area contributed by atoms with Gasteiger partial charge >= 0.3 is 6.18 Å². The van der Waals surface area contributed by atoms with Gasteiger partial charge in [0.25, 0.3) is 0 Å². The van der Waals surface area contributed by atoms with Crippen molar-refractivity contribution in [2.75, 3.05) is 5.73 Å². The Hall–Kier alpha value is -1.56. The predicted octanol–water partition coefficient (Wildman–Crippen LogP) is 3.41. The molecule has 2 aromatic rings. The fourth-order valence-corrected chi connectivity index (χ4v) is 1.98. The topological polar surface area (TPSA) is 38.9 Å². The summed E-state index contributed by atoms with van der Waals surface area (Å²) in [5, 5.41) is 2.36. The van der Waals surface area contributed by atoms with Gasteiger partial charge in [0.05, 0.1) is 5.56 Å². The number of alkyl halides is 3. The molecule has 0 fully saturated rings. The number of nitrogens with two attached hydrogens (primary N) is 1. The van der Waals surface area contributed by atoms with Crippen molar-refractivity contribution in [2.45, 2.75) is 6.18 Å². The van der Waals surface area contributed by atoms with E-state index >= 15 is 0 Å². The molecule has 16 heavy (non-hydrogen) atoms. The number of nitrogens with zero attached hydrogens (tertiary/aromatic N) is 1. The first-order valence-corrected chi connectivity index (χ1v) is 5.23. The second-order valence-electron chi connectivity index (χ2n) is 3.14. The van der Waals surface area contributed by atoms with E-state index in [0.717, 1.165) is 12.1 Å². The maximum Gasteiger partial charge on any atom is 0.416 e. The normalized spacial score (nSPS) is 11.7. The lowest BCUT2D eigenvalue weighted by molar-refractivity contribution is -0.137. The van der Waals surface area contributed by atoms with Crippen molar-refractivity contribution < 1.29 is 13.2 Å². The maximum atomic E-state index is 12.4. The van der Waals surface area contributed by atoms with E-state index in [-0.39, 0.29) is 5.69 Å². The predicted molar refractivity (Wildman–Crippen MR) is 57.0 cm³/mol. The van der Waals surface area contributed by atoms with Crippen LogP contribution in [0.5, 0.6) is 0 Å². The van der Waals surface area contributed by atoms with Crippen LogP contribution in [-0.4, -0.2) is 4.98 Å². The number of hydrogen-bond acceptors (Lipinski definition) is 3. The van der Waals surface area contributed by atoms with Gasteiger partial charge in [-0.3, -0.25) is 0 Å². The average molecular weight is 244 g/mol. The van der Waals surface area contributed by atoms with Crippen LogP contribution in [0.4, 0.5) is 18.9 Å². The van der Waals surface area contributed by atoms with E-state index in [1.807, 2.05) is 0 Å². The van der Waals surface area contributed by atoms with Gasteiger partial charge in [-0.1, -0.05) is 0 Å². The SMILES string of the molecule is Nc1cc(C(F)(F)F)ccc1-c1nccs1. The van der Waals surface area contributed by atoms with Crippen LogP contribution in [0.3, 0.4) is 0 Å². The van der Waals surface area contributed by atoms with Crippen LogP contribution in [0.2, 0.25) is 0 Å². The highest BCUT2D eigenvalue weighted by atomic mass is 32.1. The lowest BCUT2D eigenvalue weighted by Crippen LogP contribution is -2.05. The van der Waals surface area contributed by atoms with E-state index in [1.165, 1.54) is 17.4 Å². The summed E-state index contributed by atoms with van der Waals surface area (Å²) in [4.78, 5) is 4.00. The number of benzene rings is 1. The van der Waals surface area contributed by atoms with Gasteiger partial charge in [-0.2, -0.15) is 13.2 Å². The van der Waals surface area contributed by atoms with Gasteiger partial charge in [0.15, 0.2) is 0 Å². The number of rotatable bonds is 1. The number of halogens is 3. The van der Waals surface area contributed by atoms with Crippen LogP contribution in [0.1, 0.15) is 5.56 Å². The lowest BCUT2D eigenvalue weighted by Gasteiger charge is -2.09. The fourth-order valence-electron chi connectivity index (χ4n) is 1.29. The zero-order valence-corrected chi connectivity index (χ0v) is 8.77. The fraction of sp³-hybridized carbons (Fsp3) is 0.100. The largest absolute Gasteiger partial charge is 0.416 e. The molecule has 0 aliphatic heterocycles. The molecule has 0 aliphatic rings. The summed E-state index contributed by atoms with van der Waals surface area (Å²) >= 11 is 1.33. The van der Waals surface area contributed by atoms with E-state index < -0.39 is 11.7 Å². The first kappa shape index (κ1) is 10.9. The van der Waals surface area contributed by atoms with Crippen molar-refractivity contribution in [3.05, 3.63) is 35.3 Å². The van der Waals surface area contributed by atoms with Crippen LogP contribution >= 0.6 is 11.3 Å². The number of anilines is 1. The van der Waals surface area contributed by atoms with Crippen LogP contribution in [0.15, 0.2) is 29.8 Å². The second-order valence-corrected chi connectivity index (χ2v) is 4.03. The van der Waals surface area contributed by atoms with Gasteiger partial charge in [-0.15, -0.1) is 11.3 Å². The van der Waals surface area contributed by atoms with Gasteiger partial charge in [0.1, 0.15) is 5.01 Å². The summed E-state index contributed by atoms with van der Waals surface area (Å²) in [5.41, 5.74) is 5.45. The Balaban J connectivity index is 2.46. The third-order valence-corrected chi connectivity index (χ3v) is 2.85. The standard InChI is InChI=1S/C10H7F3N2S/c11-10(12,13)6-1-2-7(8(14)5-6)9-15-3-4-16-9/h1-5H,14H2. The number of thiazole rings is 1. The van der Waals surface area contributed by atoms with E-state index in [2.05, 4.69) is 4.98 Å². The lowest BCUT2D eigenvalue weighted by atomic mass is 10.1. The van der Waals surface area contributed by atoms with E-state index in [4.69, 9.17) is 5.73 Å². The molecule has 0 radical (unpaired) electrons. The molecule has 0 spiro atoms. The van der Waals surface area contributed by atoms with Crippen LogP contribution in [0, 0.1) is 0 Å². The molecular weight excluding hydrogens is 237 g/mol. The Morgan fingerprint density at radius 3 is 2.50 bits per heavy atom. The first-order chi connectivity index (χ1) is 7.48. The molecule has 6 heteroatoms. The quantitative estimate of drug-likeness (QED) is 0.781. The van der Waals surface area contributed by atoms with Gasteiger partial charge in [-0.25, -0.2) is 4.98 Å². The van der Waals surface area contributed by atoms with Crippen molar-refractivity contribution in [3.8, 4) is 10.6 Å². The minimum absolute atomic E-state index is 0.0878. The molecule has 0 unspecified atom stereocenters. The molecular formula is C10H7F3N2S. The molecule has 0 saturated carbocycles. The maximum absolute atomic E-state index is 12.4. The molecule has 2 N–H and O–H groups in total. The molecule has 0 amide bonds. The summed E-state index contributed by atoms with van der Waals surface area (Å²) in [6.45, 7) is 0. The van der Waals surface area contributed by atoms with Gasteiger partial charge < -0.3 is 5.73 Å². The Labute approximate surface area is 93.5 Å². The van der Waals surface area contributed by atoms with Crippen molar-refractivity contribution in [2.24, 2.45) is 0 Å². The van der Waals surface area contributed by atoms with Crippen molar-refractivity contribution in [3.63, 3.8) is 0 Å². The average Bonchev–Trinajstić information content (AvgIpc) is 2.69. The highest BCUT2D eigenvalue weighted by Crippen LogP contribution is 2.34. The highest BCUT2D eigenvalue weighted by molar-refractivity contribution is 7.13. The zero-order chi connectivity index (χ0) is 11.8. The van der Waals surface area contributed by atoms with E-state index in [9.17, 15) is 13.2 Å². The molecule has 84 valence electrons. The summed E-state index contributed by atoms with van der Waals surface area (Å²) in [6, 6.07) is 3.28. The van der Waals surface area contributed by atoms with E-state index in [0.29, 0.717) is 10.6 Å². The summed E-state index contributed by atoms with van der Waals surface area (Å²) in [5.74, 6) is 0. The number of aromatic nitrogens is 1. The van der Waals surface area contributed by atoms with Crippen molar-refractivity contribution in [1.29, 1.82) is 0 Å². The van der Waals surface area contributed by atoms with Crippen LogP contribution in [-0.2, 0) is 6.18 Å². The number of nitrogen functional groups attached to an aromatic ring is 1. The molecule has 2 nitrogen and oxygen atoms in total. The Morgan fingerprint density at radius 2 is 2.00 bits per heavy atom. The highest BCUT2D eigenvalue weighted by Gasteiger charge is 2.30. The molecule has 1 aromatic heterocycles. The van der Waals surface area contributed by atoms with Crippen LogP contribution < -0.4 is 5.73 Å². The number of hydrogen-bond donors (Lipinski definition) is 1. The molecule has 2 rings (SSSR count). The molecule has 1 heterocycles. The summed E-state index contributed by atoms with van der Waals surface area (Å²) in [7, 11) is 0. The van der Waals surface area contributed by atoms with E-state index in [1.54, 1.807) is 11.6 Å². The third-order valence-electron chi connectivity index (χ3n) is 2.04. The first-order valence-electron chi connectivity index (χ1n) is 4.35. The molecule has 0 aliphatic carbocycles. The van der Waals surface area contributed by atoms with Gasteiger partial charge in [-0.05, 0) is 18.2 Å². The minimum atomic E-state index is -4.37. The van der Waals surface area contributed by atoms with Gasteiger partial charge in [0.2, 0.25) is 0 Å². The molecule has 0 atom stereocenters. The Bertz CT molecular complexity index is 491.